The van der Waals surface area contributed by atoms with E-state index >= 15 is 4.79 Å². The highest BCUT2D eigenvalue weighted by Gasteiger charge is 2.70. The molecule has 328 valence electrons. The first kappa shape index (κ1) is 43.8. The lowest BCUT2D eigenvalue weighted by Crippen LogP contribution is -2.54. The molecule has 63 heavy (non-hydrogen) atoms. The number of hydrogen-bond acceptors (Lipinski definition) is 10. The Bertz CT molecular complexity index is 2650. The SMILES string of the molecule is COc1cc(C=CC2C3=CCC4C(=O)N(N(C)c5nc(C(F)(F)F)ccc5Cl)C(=O)C4C3CC3C(=O)N(Nc4ncc(C(F)(F)F)cc4Cl)C(=O)C23c2ccc(Cl)cc2)ccc1O. The fourth-order valence-corrected chi connectivity index (χ4v) is 9.79. The summed E-state index contributed by atoms with van der Waals surface area (Å²) in [6.07, 6.45) is -4.57. The number of phenols is 1. The third kappa shape index (κ3) is 7.21. The fourth-order valence-electron chi connectivity index (χ4n) is 9.22. The number of pyridine rings is 2. The summed E-state index contributed by atoms with van der Waals surface area (Å²) in [5.41, 5.74) is -0.575. The Labute approximate surface area is 368 Å². The third-order valence-electron chi connectivity index (χ3n) is 12.0. The van der Waals surface area contributed by atoms with E-state index in [0.29, 0.717) is 45.0 Å². The van der Waals surface area contributed by atoms with Gasteiger partial charge in [-0.2, -0.15) is 36.4 Å². The van der Waals surface area contributed by atoms with Crippen molar-refractivity contribution in [2.75, 3.05) is 24.6 Å². The number of phenolic OH excluding ortho intramolecular Hbond substituents is 1. The van der Waals surface area contributed by atoms with E-state index < -0.39 is 98.9 Å². The summed E-state index contributed by atoms with van der Waals surface area (Å²) < 4.78 is 87.1. The number of carbonyl (C=O) groups excluding carboxylic acids is 4. The van der Waals surface area contributed by atoms with Crippen LogP contribution in [0.5, 0.6) is 11.5 Å². The molecule has 4 heterocycles. The number of allylic oxidation sites excluding steroid dienone is 3. The Balaban J connectivity index is 1.27. The molecule has 8 rings (SSSR count). The van der Waals surface area contributed by atoms with Crippen LogP contribution in [0.1, 0.15) is 35.2 Å². The van der Waals surface area contributed by atoms with Crippen molar-refractivity contribution >= 4 is 76.1 Å². The lowest BCUT2D eigenvalue weighted by Gasteiger charge is -2.49. The smallest absolute Gasteiger partial charge is 0.433 e. The van der Waals surface area contributed by atoms with Gasteiger partial charge in [-0.1, -0.05) is 76.8 Å². The Hall–Kier alpha value is -5.85. The minimum absolute atomic E-state index is 0.0664. The molecule has 2 N–H and O–H groups in total. The number of benzene rings is 2. The Morgan fingerprint density at radius 1 is 0.905 bits per heavy atom. The summed E-state index contributed by atoms with van der Waals surface area (Å²) in [5, 5.41) is 11.9. The van der Waals surface area contributed by atoms with E-state index in [1.165, 1.54) is 38.4 Å². The van der Waals surface area contributed by atoms with Crippen LogP contribution in [0.3, 0.4) is 0 Å². The topological polar surface area (TPSA) is 145 Å². The molecule has 0 spiro atoms. The number of rotatable bonds is 8. The first-order valence-electron chi connectivity index (χ1n) is 18.9. The van der Waals surface area contributed by atoms with Crippen LogP contribution in [-0.2, 0) is 36.9 Å². The minimum Gasteiger partial charge on any atom is -0.504 e. The molecule has 2 aliphatic carbocycles. The number of aromatic nitrogens is 2. The van der Waals surface area contributed by atoms with Crippen molar-refractivity contribution in [1.29, 1.82) is 0 Å². The Morgan fingerprint density at radius 2 is 1.62 bits per heavy atom. The van der Waals surface area contributed by atoms with E-state index in [0.717, 1.165) is 11.1 Å². The molecule has 12 nitrogen and oxygen atoms in total. The van der Waals surface area contributed by atoms with Crippen LogP contribution in [-0.4, -0.2) is 62.9 Å². The van der Waals surface area contributed by atoms with E-state index in [-0.39, 0.29) is 34.4 Å². The zero-order valence-corrected chi connectivity index (χ0v) is 34.8. The van der Waals surface area contributed by atoms with Gasteiger partial charge in [0.05, 0.1) is 45.9 Å². The monoisotopic (exact) mass is 934 g/mol. The number of nitrogens with zero attached hydrogens (tertiary/aromatic N) is 5. The maximum Gasteiger partial charge on any atom is 0.433 e. The van der Waals surface area contributed by atoms with Crippen LogP contribution in [0.25, 0.3) is 6.08 Å². The van der Waals surface area contributed by atoms with E-state index in [1.54, 1.807) is 36.4 Å². The van der Waals surface area contributed by atoms with Gasteiger partial charge >= 0.3 is 12.4 Å². The number of aromatic hydroxyl groups is 1. The highest BCUT2D eigenvalue weighted by Crippen LogP contribution is 2.62. The maximum absolute atomic E-state index is 15.3. The first-order valence-corrected chi connectivity index (χ1v) is 20.1. The van der Waals surface area contributed by atoms with Gasteiger partial charge in [-0.3, -0.25) is 29.6 Å². The number of hydrogen-bond donors (Lipinski definition) is 2. The second kappa shape index (κ2) is 15.7. The van der Waals surface area contributed by atoms with Crippen LogP contribution in [0.4, 0.5) is 38.0 Å². The van der Waals surface area contributed by atoms with E-state index in [4.69, 9.17) is 39.5 Å². The second-order valence-electron chi connectivity index (χ2n) is 15.3. The molecule has 21 heteroatoms. The third-order valence-corrected chi connectivity index (χ3v) is 12.8. The molecule has 1 saturated carbocycles. The predicted octanol–water partition coefficient (Wildman–Crippen LogP) is 8.77. The summed E-state index contributed by atoms with van der Waals surface area (Å²) in [6, 6.07) is 12.7. The molecule has 6 unspecified atom stereocenters. The van der Waals surface area contributed by atoms with Crippen LogP contribution >= 0.6 is 34.8 Å². The fraction of sp³-hybridized carbons (Fsp3) is 0.286. The highest BCUT2D eigenvalue weighted by atomic mass is 35.5. The number of anilines is 2. The summed E-state index contributed by atoms with van der Waals surface area (Å²) in [7, 11) is 2.51. The molecule has 2 aromatic heterocycles. The average molecular weight is 936 g/mol. The standard InChI is InChI=1S/C42H31Cl3F6N6O6/c1-55(35-28(44)12-14-32(53-35)42(49,50)51)57-36(59)24-10-9-23-25(33(24)38(57)61)17-27-37(60)56(54-34-29(45)16-21(18-52-34)41(46,47)48)39(62)40(27,20-5-7-22(43)8-6-20)26(23)11-3-19-4-13-30(58)31(15-19)63-2/h3-9,11-16,18,24-27,33,58H,10,17H2,1-2H3,(H,52,54). The number of alkyl halides is 6. The number of nitrogens with one attached hydrogen (secondary N) is 1. The average Bonchev–Trinajstić information content (AvgIpc) is 3.61. The van der Waals surface area contributed by atoms with Gasteiger partial charge < -0.3 is 9.84 Å². The van der Waals surface area contributed by atoms with Crippen LogP contribution in [0.15, 0.2) is 84.6 Å². The molecule has 6 atom stereocenters. The Kier molecular flexibility index (Phi) is 10.9. The van der Waals surface area contributed by atoms with Gasteiger partial charge in [0, 0.05) is 24.2 Å². The molecular formula is C42H31Cl3F6N6O6. The van der Waals surface area contributed by atoms with Gasteiger partial charge in [0.15, 0.2) is 23.1 Å². The van der Waals surface area contributed by atoms with Crippen LogP contribution in [0.2, 0.25) is 15.1 Å². The van der Waals surface area contributed by atoms with Crippen molar-refractivity contribution in [2.24, 2.45) is 29.6 Å². The number of halogens is 9. The van der Waals surface area contributed by atoms with Gasteiger partial charge in [0.25, 0.3) is 23.6 Å². The van der Waals surface area contributed by atoms with Crippen LogP contribution in [0, 0.1) is 29.6 Å². The van der Waals surface area contributed by atoms with Gasteiger partial charge in [-0.25, -0.2) is 9.97 Å². The second-order valence-corrected chi connectivity index (χ2v) is 16.5. The lowest BCUT2D eigenvalue weighted by molar-refractivity contribution is -0.142. The summed E-state index contributed by atoms with van der Waals surface area (Å²) in [4.78, 5) is 66.5. The largest absolute Gasteiger partial charge is 0.504 e. The molecule has 3 fully saturated rings. The van der Waals surface area contributed by atoms with Crippen molar-refractivity contribution in [1.82, 2.24) is 20.0 Å². The van der Waals surface area contributed by atoms with Crippen molar-refractivity contribution in [3.8, 4) is 11.5 Å². The van der Waals surface area contributed by atoms with Crippen molar-refractivity contribution in [2.45, 2.75) is 30.6 Å². The van der Waals surface area contributed by atoms with Gasteiger partial charge in [-0.05, 0) is 72.4 Å². The zero-order valence-electron chi connectivity index (χ0n) is 32.5. The van der Waals surface area contributed by atoms with E-state index in [2.05, 4.69) is 15.4 Å². The molecule has 2 aromatic carbocycles. The summed E-state index contributed by atoms with van der Waals surface area (Å²) >= 11 is 18.8. The molecule has 4 aliphatic rings. The number of hydrazine groups is 2. The molecule has 0 bridgehead atoms. The Morgan fingerprint density at radius 3 is 2.27 bits per heavy atom. The van der Waals surface area contributed by atoms with Gasteiger partial charge in [-0.15, -0.1) is 0 Å². The van der Waals surface area contributed by atoms with Gasteiger partial charge in [0.2, 0.25) is 0 Å². The number of amides is 4. The number of imide groups is 2. The van der Waals surface area contributed by atoms with Crippen LogP contribution < -0.4 is 15.2 Å². The van der Waals surface area contributed by atoms with Crippen molar-refractivity contribution < 1.29 is 55.4 Å². The maximum atomic E-state index is 15.3. The lowest BCUT2D eigenvalue weighted by atomic mass is 9.50. The molecule has 4 amide bonds. The minimum atomic E-state index is -4.89. The number of fused-ring (bicyclic) bond motifs is 4. The number of carbonyl (C=O) groups is 4. The molecule has 4 aromatic rings. The number of ether oxygens (including phenoxy) is 1. The van der Waals surface area contributed by atoms with E-state index in [9.17, 15) is 45.8 Å². The normalized spacial score (nSPS) is 24.7. The van der Waals surface area contributed by atoms with E-state index in [1.807, 2.05) is 0 Å². The predicted molar refractivity (Wildman–Crippen MR) is 216 cm³/mol. The summed E-state index contributed by atoms with van der Waals surface area (Å²) in [5.74, 6) is -10.0. The molecule has 2 aliphatic heterocycles. The molecular weight excluding hydrogens is 905 g/mol. The summed E-state index contributed by atoms with van der Waals surface area (Å²) in [6.45, 7) is 0. The first-order chi connectivity index (χ1) is 29.7. The zero-order chi connectivity index (χ0) is 45.5. The quantitative estimate of drug-likeness (QED) is 0.1000. The van der Waals surface area contributed by atoms with Crippen molar-refractivity contribution in [3.05, 3.63) is 122 Å². The number of methoxy groups -OCH3 is 1. The van der Waals surface area contributed by atoms with Gasteiger partial charge in [0.1, 0.15) is 5.69 Å². The highest BCUT2D eigenvalue weighted by molar-refractivity contribution is 6.33. The molecule has 2 saturated heterocycles. The molecule has 0 radical (unpaired) electrons. The van der Waals surface area contributed by atoms with Crippen molar-refractivity contribution in [3.63, 3.8) is 0 Å².